The molecule has 2 heterocycles. The molecule has 0 aliphatic carbocycles. The lowest BCUT2D eigenvalue weighted by molar-refractivity contribution is -0.121. The van der Waals surface area contributed by atoms with E-state index in [9.17, 15) is 4.79 Å². The molecule has 0 unspecified atom stereocenters. The average Bonchev–Trinajstić information content (AvgIpc) is 2.78. The van der Waals surface area contributed by atoms with Gasteiger partial charge >= 0.3 is 0 Å². The smallest absolute Gasteiger partial charge is 0.220 e. The number of morpholine rings is 1. The van der Waals surface area contributed by atoms with E-state index in [1.807, 2.05) is 0 Å². The summed E-state index contributed by atoms with van der Waals surface area (Å²) in [5.41, 5.74) is 2.51. The standard InChI is InChI=1S/C22H35N5O2/c1-3-24-22(27-10-8-18(9-11-27)16-21(28)23-2)25-17-19-6-4-5-7-20(19)26-12-14-29-15-13-26/h4-7,18H,3,8-17H2,1-2H3,(H,23,28)(H,24,25). The van der Waals surface area contributed by atoms with Gasteiger partial charge in [-0.25, -0.2) is 4.99 Å². The molecule has 1 amide bonds. The molecule has 160 valence electrons. The van der Waals surface area contributed by atoms with Gasteiger partial charge in [0.15, 0.2) is 5.96 Å². The van der Waals surface area contributed by atoms with Crippen molar-refractivity contribution in [2.24, 2.45) is 10.9 Å². The number of hydrogen-bond acceptors (Lipinski definition) is 4. The average molecular weight is 402 g/mol. The molecule has 2 saturated heterocycles. The SMILES string of the molecule is CCNC(=NCc1ccccc1N1CCOCC1)N1CCC(CC(=O)NC)CC1. The van der Waals surface area contributed by atoms with Crippen molar-refractivity contribution < 1.29 is 9.53 Å². The van der Waals surface area contributed by atoms with Gasteiger partial charge in [-0.15, -0.1) is 0 Å². The summed E-state index contributed by atoms with van der Waals surface area (Å²) in [6.07, 6.45) is 2.69. The molecule has 0 atom stereocenters. The molecule has 3 rings (SSSR count). The molecule has 7 nitrogen and oxygen atoms in total. The van der Waals surface area contributed by atoms with E-state index in [-0.39, 0.29) is 5.91 Å². The normalized spacial score (nSPS) is 18.6. The zero-order chi connectivity index (χ0) is 20.5. The number of aliphatic imine (C=N–C) groups is 1. The second kappa shape index (κ2) is 11.0. The van der Waals surface area contributed by atoms with Gasteiger partial charge in [-0.2, -0.15) is 0 Å². The van der Waals surface area contributed by atoms with Crippen LogP contribution in [0.4, 0.5) is 5.69 Å². The predicted molar refractivity (Wildman–Crippen MR) is 117 cm³/mol. The Morgan fingerprint density at radius 2 is 1.90 bits per heavy atom. The second-order valence-electron chi connectivity index (χ2n) is 7.71. The summed E-state index contributed by atoms with van der Waals surface area (Å²) in [5, 5.41) is 6.19. The molecular formula is C22H35N5O2. The van der Waals surface area contributed by atoms with E-state index in [2.05, 4.69) is 51.6 Å². The summed E-state index contributed by atoms with van der Waals surface area (Å²) in [6.45, 7) is 8.93. The maximum absolute atomic E-state index is 11.6. The number of guanidine groups is 1. The van der Waals surface area contributed by atoms with Crippen LogP contribution in [-0.2, 0) is 16.1 Å². The Morgan fingerprint density at radius 3 is 2.59 bits per heavy atom. The second-order valence-corrected chi connectivity index (χ2v) is 7.71. The highest BCUT2D eigenvalue weighted by Crippen LogP contribution is 2.23. The molecule has 2 aliphatic rings. The molecule has 1 aromatic carbocycles. The van der Waals surface area contributed by atoms with Crippen LogP contribution >= 0.6 is 0 Å². The molecule has 2 aliphatic heterocycles. The molecule has 0 aromatic heterocycles. The van der Waals surface area contributed by atoms with Crippen LogP contribution in [0.1, 0.15) is 31.7 Å². The Kier molecular flexibility index (Phi) is 8.16. The van der Waals surface area contributed by atoms with E-state index in [0.717, 1.165) is 64.7 Å². The highest BCUT2D eigenvalue weighted by Gasteiger charge is 2.23. The number of nitrogens with one attached hydrogen (secondary N) is 2. The Balaban J connectivity index is 1.64. The number of ether oxygens (including phenoxy) is 1. The van der Waals surface area contributed by atoms with Gasteiger partial charge in [0, 0.05) is 51.9 Å². The van der Waals surface area contributed by atoms with Crippen LogP contribution in [0.3, 0.4) is 0 Å². The summed E-state index contributed by atoms with van der Waals surface area (Å²) in [4.78, 5) is 21.3. The number of anilines is 1. The quantitative estimate of drug-likeness (QED) is 0.562. The lowest BCUT2D eigenvalue weighted by atomic mass is 9.93. The van der Waals surface area contributed by atoms with E-state index in [4.69, 9.17) is 9.73 Å². The number of hydrogen-bond donors (Lipinski definition) is 2. The molecule has 29 heavy (non-hydrogen) atoms. The van der Waals surface area contributed by atoms with Crippen LogP contribution in [0.25, 0.3) is 0 Å². The number of nitrogens with zero attached hydrogens (tertiary/aromatic N) is 3. The Hall–Kier alpha value is -2.28. The van der Waals surface area contributed by atoms with Gasteiger partial charge in [0.1, 0.15) is 0 Å². The number of benzene rings is 1. The van der Waals surface area contributed by atoms with Crippen LogP contribution in [0, 0.1) is 5.92 Å². The van der Waals surface area contributed by atoms with Crippen molar-refractivity contribution in [2.75, 3.05) is 57.9 Å². The van der Waals surface area contributed by atoms with Crippen LogP contribution in [0.5, 0.6) is 0 Å². The predicted octanol–water partition coefficient (Wildman–Crippen LogP) is 1.84. The maximum Gasteiger partial charge on any atom is 0.220 e. The van der Waals surface area contributed by atoms with E-state index in [0.29, 0.717) is 18.9 Å². The van der Waals surface area contributed by atoms with Gasteiger partial charge in [0.05, 0.1) is 19.8 Å². The maximum atomic E-state index is 11.6. The summed E-state index contributed by atoms with van der Waals surface area (Å²) in [6, 6.07) is 8.55. The fraction of sp³-hybridized carbons (Fsp3) is 0.636. The molecule has 0 saturated carbocycles. The topological polar surface area (TPSA) is 69.2 Å². The van der Waals surface area contributed by atoms with E-state index in [1.165, 1.54) is 11.3 Å². The number of para-hydroxylation sites is 1. The summed E-state index contributed by atoms with van der Waals surface area (Å²) < 4.78 is 5.50. The van der Waals surface area contributed by atoms with E-state index >= 15 is 0 Å². The van der Waals surface area contributed by atoms with Gasteiger partial charge in [0.25, 0.3) is 0 Å². The monoisotopic (exact) mass is 401 g/mol. The number of likely N-dealkylation sites (tertiary alicyclic amines) is 1. The molecule has 1 aromatic rings. The highest BCUT2D eigenvalue weighted by molar-refractivity contribution is 5.80. The Bertz CT molecular complexity index is 680. The fourth-order valence-electron chi connectivity index (χ4n) is 4.06. The van der Waals surface area contributed by atoms with E-state index < -0.39 is 0 Å². The number of piperidine rings is 1. The highest BCUT2D eigenvalue weighted by atomic mass is 16.5. The summed E-state index contributed by atoms with van der Waals surface area (Å²) in [5.74, 6) is 1.59. The molecular weight excluding hydrogens is 366 g/mol. The first kappa shape index (κ1) is 21.4. The van der Waals surface area contributed by atoms with Crippen LogP contribution in [-0.4, -0.2) is 69.8 Å². The van der Waals surface area contributed by atoms with Gasteiger partial charge in [-0.3, -0.25) is 4.79 Å². The summed E-state index contributed by atoms with van der Waals surface area (Å²) in [7, 11) is 1.71. The molecule has 0 radical (unpaired) electrons. The van der Waals surface area contributed by atoms with E-state index in [1.54, 1.807) is 7.05 Å². The third-order valence-electron chi connectivity index (χ3n) is 5.74. The zero-order valence-electron chi connectivity index (χ0n) is 17.8. The van der Waals surface area contributed by atoms with Gasteiger partial charge < -0.3 is 25.2 Å². The number of rotatable bonds is 6. The Labute approximate surface area is 174 Å². The van der Waals surface area contributed by atoms with Crippen molar-refractivity contribution in [3.63, 3.8) is 0 Å². The first-order valence-corrected chi connectivity index (χ1v) is 10.9. The number of amides is 1. The largest absolute Gasteiger partial charge is 0.378 e. The van der Waals surface area contributed by atoms with Crippen molar-refractivity contribution in [1.82, 2.24) is 15.5 Å². The minimum Gasteiger partial charge on any atom is -0.378 e. The third-order valence-corrected chi connectivity index (χ3v) is 5.74. The summed E-state index contributed by atoms with van der Waals surface area (Å²) >= 11 is 0. The molecule has 2 fully saturated rings. The van der Waals surface area contributed by atoms with Gasteiger partial charge in [-0.05, 0) is 37.3 Å². The minimum atomic E-state index is 0.142. The van der Waals surface area contributed by atoms with Crippen molar-refractivity contribution in [2.45, 2.75) is 32.7 Å². The first-order valence-electron chi connectivity index (χ1n) is 10.9. The van der Waals surface area contributed by atoms with Crippen LogP contribution < -0.4 is 15.5 Å². The first-order chi connectivity index (χ1) is 14.2. The van der Waals surface area contributed by atoms with Crippen LogP contribution in [0.2, 0.25) is 0 Å². The Morgan fingerprint density at radius 1 is 1.17 bits per heavy atom. The molecule has 0 spiro atoms. The number of carbonyl (C=O) groups is 1. The van der Waals surface area contributed by atoms with Gasteiger partial charge in [0.2, 0.25) is 5.91 Å². The van der Waals surface area contributed by atoms with Crippen molar-refractivity contribution in [3.05, 3.63) is 29.8 Å². The van der Waals surface area contributed by atoms with Crippen molar-refractivity contribution in [1.29, 1.82) is 0 Å². The zero-order valence-corrected chi connectivity index (χ0v) is 17.8. The van der Waals surface area contributed by atoms with Gasteiger partial charge in [-0.1, -0.05) is 18.2 Å². The number of carbonyl (C=O) groups excluding carboxylic acids is 1. The minimum absolute atomic E-state index is 0.142. The van der Waals surface area contributed by atoms with Crippen molar-refractivity contribution in [3.8, 4) is 0 Å². The fourth-order valence-corrected chi connectivity index (χ4v) is 4.06. The molecule has 2 N–H and O–H groups in total. The van der Waals surface area contributed by atoms with Crippen molar-refractivity contribution >= 4 is 17.6 Å². The lowest BCUT2D eigenvalue weighted by Crippen LogP contribution is -2.46. The van der Waals surface area contributed by atoms with Crippen LogP contribution in [0.15, 0.2) is 29.3 Å². The molecule has 0 bridgehead atoms. The molecule has 7 heteroatoms. The lowest BCUT2D eigenvalue weighted by Gasteiger charge is -2.34. The third kappa shape index (κ3) is 6.10.